The fraction of sp³-hybridized carbons (Fsp3) is 0.148. The van der Waals surface area contributed by atoms with Crippen molar-refractivity contribution in [3.8, 4) is 0 Å². The maximum Gasteiger partial charge on any atom is 0.0659 e. The van der Waals surface area contributed by atoms with Crippen molar-refractivity contribution in [2.24, 2.45) is 5.10 Å². The Labute approximate surface area is 177 Å². The number of anilines is 3. The van der Waals surface area contributed by atoms with Gasteiger partial charge in [-0.1, -0.05) is 60.7 Å². The summed E-state index contributed by atoms with van der Waals surface area (Å²) in [5, 5.41) is 9.31. The van der Waals surface area contributed by atoms with E-state index in [0.717, 1.165) is 30.0 Å². The molecule has 5 rings (SSSR count). The van der Waals surface area contributed by atoms with Gasteiger partial charge in [0.2, 0.25) is 0 Å². The van der Waals surface area contributed by atoms with Crippen LogP contribution in [-0.2, 0) is 0 Å². The molecule has 0 atom stereocenters. The lowest BCUT2D eigenvalue weighted by molar-refractivity contribution is 0.949. The highest BCUT2D eigenvalue weighted by molar-refractivity contribution is 5.88. The number of hydrogen-bond donors (Lipinski definition) is 0. The minimum absolute atomic E-state index is 1.04. The molecule has 1 aliphatic heterocycles. The lowest BCUT2D eigenvalue weighted by Crippen LogP contribution is -2.17. The quantitative estimate of drug-likeness (QED) is 0.281. The Bertz CT molecular complexity index is 1140. The molecule has 30 heavy (non-hydrogen) atoms. The summed E-state index contributed by atoms with van der Waals surface area (Å²) >= 11 is 0. The second-order valence-electron chi connectivity index (χ2n) is 7.71. The molecule has 4 aromatic carbocycles. The lowest BCUT2D eigenvalue weighted by Gasteiger charge is -2.20. The van der Waals surface area contributed by atoms with Crippen LogP contribution in [0.3, 0.4) is 0 Å². The van der Waals surface area contributed by atoms with Gasteiger partial charge in [0.05, 0.1) is 17.6 Å². The summed E-state index contributed by atoms with van der Waals surface area (Å²) in [5.41, 5.74) is 4.49. The van der Waals surface area contributed by atoms with Crippen molar-refractivity contribution >= 4 is 34.0 Å². The van der Waals surface area contributed by atoms with Crippen molar-refractivity contribution in [1.82, 2.24) is 0 Å². The summed E-state index contributed by atoms with van der Waals surface area (Å²) in [6.07, 6.45) is 4.53. The summed E-state index contributed by atoms with van der Waals surface area (Å²) in [4.78, 5) is 2.45. The molecule has 1 fully saturated rings. The highest BCUT2D eigenvalue weighted by atomic mass is 15.5. The molecule has 1 aliphatic rings. The van der Waals surface area contributed by atoms with Gasteiger partial charge in [-0.3, -0.25) is 0 Å². The van der Waals surface area contributed by atoms with Crippen molar-refractivity contribution < 1.29 is 0 Å². The highest BCUT2D eigenvalue weighted by Gasteiger charge is 2.12. The molecule has 0 aliphatic carbocycles. The van der Waals surface area contributed by atoms with Crippen LogP contribution in [0, 0.1) is 0 Å². The maximum atomic E-state index is 4.86. The summed E-state index contributed by atoms with van der Waals surface area (Å²) in [6, 6.07) is 33.9. The average Bonchev–Trinajstić information content (AvgIpc) is 3.35. The van der Waals surface area contributed by atoms with E-state index in [4.69, 9.17) is 5.10 Å². The Morgan fingerprint density at radius 2 is 1.37 bits per heavy atom. The smallest absolute Gasteiger partial charge is 0.0659 e. The van der Waals surface area contributed by atoms with Gasteiger partial charge >= 0.3 is 0 Å². The maximum absolute atomic E-state index is 4.86. The first-order valence-corrected chi connectivity index (χ1v) is 10.6. The molecule has 0 N–H and O–H groups in total. The van der Waals surface area contributed by atoms with Gasteiger partial charge in [-0.15, -0.1) is 0 Å². The Kier molecular flexibility index (Phi) is 5.17. The van der Waals surface area contributed by atoms with Gasteiger partial charge in [-0.2, -0.15) is 5.10 Å². The first-order chi connectivity index (χ1) is 14.9. The van der Waals surface area contributed by atoms with Crippen LogP contribution >= 0.6 is 0 Å². The van der Waals surface area contributed by atoms with Crippen molar-refractivity contribution in [1.29, 1.82) is 0 Å². The van der Waals surface area contributed by atoms with Crippen LogP contribution in [0.1, 0.15) is 18.4 Å². The van der Waals surface area contributed by atoms with Gasteiger partial charge in [0, 0.05) is 18.8 Å². The van der Waals surface area contributed by atoms with Crippen LogP contribution in [0.4, 0.5) is 17.1 Å². The van der Waals surface area contributed by atoms with Gasteiger partial charge in [0.15, 0.2) is 0 Å². The van der Waals surface area contributed by atoms with E-state index in [0.29, 0.717) is 0 Å². The van der Waals surface area contributed by atoms with Crippen LogP contribution in [0.2, 0.25) is 0 Å². The molecular weight excluding hydrogens is 366 g/mol. The molecule has 0 amide bonds. The van der Waals surface area contributed by atoms with E-state index in [1.54, 1.807) is 0 Å². The van der Waals surface area contributed by atoms with E-state index < -0.39 is 0 Å². The SMILES string of the molecule is C(=N\N(c1ccccc1)c1ccc2ccccc2c1)/c1ccc(N2CCCC2)cc1. The first kappa shape index (κ1) is 18.4. The third-order valence-electron chi connectivity index (χ3n) is 5.66. The summed E-state index contributed by atoms with van der Waals surface area (Å²) < 4.78 is 0. The van der Waals surface area contributed by atoms with Crippen molar-refractivity contribution in [3.63, 3.8) is 0 Å². The molecule has 1 heterocycles. The Morgan fingerprint density at radius 3 is 2.13 bits per heavy atom. The van der Waals surface area contributed by atoms with E-state index in [1.165, 1.54) is 29.3 Å². The molecule has 0 unspecified atom stereocenters. The molecule has 1 saturated heterocycles. The van der Waals surface area contributed by atoms with Crippen LogP contribution in [-0.4, -0.2) is 19.3 Å². The number of nitrogens with zero attached hydrogens (tertiary/aromatic N) is 3. The minimum atomic E-state index is 1.04. The van der Waals surface area contributed by atoms with Gasteiger partial charge in [-0.25, -0.2) is 5.01 Å². The molecule has 4 aromatic rings. The number of para-hydroxylation sites is 1. The second-order valence-corrected chi connectivity index (χ2v) is 7.71. The molecule has 3 heteroatoms. The topological polar surface area (TPSA) is 18.8 Å². The zero-order valence-electron chi connectivity index (χ0n) is 17.0. The number of hydrogen-bond acceptors (Lipinski definition) is 3. The fourth-order valence-corrected chi connectivity index (χ4v) is 4.03. The van der Waals surface area contributed by atoms with Gasteiger partial charge in [0.1, 0.15) is 0 Å². The molecule has 0 aromatic heterocycles. The van der Waals surface area contributed by atoms with Gasteiger partial charge < -0.3 is 4.90 Å². The third kappa shape index (κ3) is 3.92. The van der Waals surface area contributed by atoms with Crippen LogP contribution in [0.5, 0.6) is 0 Å². The van der Waals surface area contributed by atoms with E-state index in [2.05, 4.69) is 83.8 Å². The zero-order chi connectivity index (χ0) is 20.2. The van der Waals surface area contributed by atoms with Crippen LogP contribution in [0.25, 0.3) is 10.8 Å². The Morgan fingerprint density at radius 1 is 0.667 bits per heavy atom. The molecular formula is C27H25N3. The normalized spacial score (nSPS) is 13.9. The molecule has 0 bridgehead atoms. The lowest BCUT2D eigenvalue weighted by atomic mass is 10.1. The average molecular weight is 392 g/mol. The molecule has 0 radical (unpaired) electrons. The van der Waals surface area contributed by atoms with E-state index in [-0.39, 0.29) is 0 Å². The summed E-state index contributed by atoms with van der Waals surface area (Å²) in [7, 11) is 0. The number of hydrazone groups is 1. The first-order valence-electron chi connectivity index (χ1n) is 10.6. The minimum Gasteiger partial charge on any atom is -0.372 e. The van der Waals surface area contributed by atoms with Crippen LogP contribution in [0.15, 0.2) is 102 Å². The second kappa shape index (κ2) is 8.42. The highest BCUT2D eigenvalue weighted by Crippen LogP contribution is 2.29. The number of benzene rings is 4. The third-order valence-corrected chi connectivity index (χ3v) is 5.66. The van der Waals surface area contributed by atoms with Crippen molar-refractivity contribution in [2.75, 3.05) is 23.0 Å². The van der Waals surface area contributed by atoms with Gasteiger partial charge in [0.25, 0.3) is 0 Å². The summed E-state index contributed by atoms with van der Waals surface area (Å²) in [5.74, 6) is 0. The van der Waals surface area contributed by atoms with Crippen molar-refractivity contribution in [2.45, 2.75) is 12.8 Å². The van der Waals surface area contributed by atoms with Gasteiger partial charge in [-0.05, 0) is 65.6 Å². The van der Waals surface area contributed by atoms with Crippen molar-refractivity contribution in [3.05, 3.63) is 103 Å². The van der Waals surface area contributed by atoms with Crippen LogP contribution < -0.4 is 9.91 Å². The fourth-order valence-electron chi connectivity index (χ4n) is 4.03. The Balaban J connectivity index is 1.46. The predicted octanol–water partition coefficient (Wildman–Crippen LogP) is 6.61. The van der Waals surface area contributed by atoms with E-state index in [9.17, 15) is 0 Å². The number of fused-ring (bicyclic) bond motifs is 1. The summed E-state index contributed by atoms with van der Waals surface area (Å²) in [6.45, 7) is 2.33. The Hall–Kier alpha value is -3.59. The predicted molar refractivity (Wildman–Crippen MR) is 128 cm³/mol. The van der Waals surface area contributed by atoms with E-state index in [1.807, 2.05) is 29.4 Å². The molecule has 0 spiro atoms. The molecule has 148 valence electrons. The number of rotatable bonds is 5. The van der Waals surface area contributed by atoms with E-state index >= 15 is 0 Å². The standard InChI is InChI=1S/C27H25N3/c1-2-10-26(11-3-1)30(27-17-14-23-8-4-5-9-24(23)20-27)28-21-22-12-15-25(16-13-22)29-18-6-7-19-29/h1-5,8-17,20-21H,6-7,18-19H2/b28-21+. The molecule has 0 saturated carbocycles. The monoisotopic (exact) mass is 391 g/mol. The largest absolute Gasteiger partial charge is 0.372 e. The molecule has 3 nitrogen and oxygen atoms in total. The zero-order valence-corrected chi connectivity index (χ0v) is 17.0.